The molecule has 0 aliphatic heterocycles. The van der Waals surface area contributed by atoms with Crippen LogP contribution in [0.2, 0.25) is 0 Å². The van der Waals surface area contributed by atoms with Gasteiger partial charge in [-0.1, -0.05) is 24.5 Å². The van der Waals surface area contributed by atoms with E-state index in [0.29, 0.717) is 26.1 Å². The third-order valence-electron chi connectivity index (χ3n) is 4.02. The maximum absolute atomic E-state index is 12.0. The third kappa shape index (κ3) is 4.02. The van der Waals surface area contributed by atoms with Gasteiger partial charge in [0.15, 0.2) is 0 Å². The van der Waals surface area contributed by atoms with Crippen molar-refractivity contribution in [2.75, 3.05) is 13.1 Å². The van der Waals surface area contributed by atoms with E-state index in [2.05, 4.69) is 15.6 Å². The van der Waals surface area contributed by atoms with Gasteiger partial charge in [0, 0.05) is 19.2 Å². The van der Waals surface area contributed by atoms with Crippen LogP contribution in [-0.2, 0) is 11.3 Å². The summed E-state index contributed by atoms with van der Waals surface area (Å²) in [4.78, 5) is 12.0. The van der Waals surface area contributed by atoms with Gasteiger partial charge in [0.05, 0.1) is 12.7 Å². The van der Waals surface area contributed by atoms with Crippen LogP contribution < -0.4 is 11.1 Å². The van der Waals surface area contributed by atoms with E-state index in [1.165, 1.54) is 19.3 Å². The number of rotatable bonds is 6. The predicted octanol–water partition coefficient (Wildman–Crippen LogP) is 0.694. The molecule has 0 aromatic carbocycles. The van der Waals surface area contributed by atoms with Crippen molar-refractivity contribution in [2.45, 2.75) is 45.1 Å². The van der Waals surface area contributed by atoms with Crippen LogP contribution in [0, 0.1) is 5.41 Å². The van der Waals surface area contributed by atoms with Crippen molar-refractivity contribution in [3.63, 3.8) is 0 Å². The Balaban J connectivity index is 1.73. The first-order chi connectivity index (χ1) is 9.24. The molecule has 3 N–H and O–H groups in total. The zero-order valence-electron chi connectivity index (χ0n) is 11.3. The van der Waals surface area contributed by atoms with Crippen molar-refractivity contribution in [1.82, 2.24) is 20.3 Å². The molecular weight excluding hydrogens is 242 g/mol. The second kappa shape index (κ2) is 6.65. The van der Waals surface area contributed by atoms with E-state index >= 15 is 0 Å². The van der Waals surface area contributed by atoms with Crippen molar-refractivity contribution in [2.24, 2.45) is 11.1 Å². The van der Waals surface area contributed by atoms with Gasteiger partial charge in [0.2, 0.25) is 5.91 Å². The first-order valence-corrected chi connectivity index (χ1v) is 7.05. The number of carbonyl (C=O) groups excluding carboxylic acids is 1. The Labute approximate surface area is 113 Å². The van der Waals surface area contributed by atoms with Crippen LogP contribution in [0.4, 0.5) is 0 Å². The molecule has 0 unspecified atom stereocenters. The monoisotopic (exact) mass is 265 g/mol. The fraction of sp³-hybridized carbons (Fsp3) is 0.769. The molecule has 1 aromatic heterocycles. The molecule has 2 rings (SSSR count). The van der Waals surface area contributed by atoms with Gasteiger partial charge in [-0.3, -0.25) is 9.48 Å². The number of nitrogens with two attached hydrogens (primary N) is 1. The predicted molar refractivity (Wildman–Crippen MR) is 72.2 cm³/mol. The molecule has 0 radical (unpaired) electrons. The minimum absolute atomic E-state index is 0.0373. The number of hydrogen-bond acceptors (Lipinski definition) is 4. The van der Waals surface area contributed by atoms with E-state index in [1.54, 1.807) is 17.1 Å². The molecule has 1 saturated carbocycles. The van der Waals surface area contributed by atoms with Gasteiger partial charge in [-0.05, 0) is 24.8 Å². The highest BCUT2D eigenvalue weighted by molar-refractivity contribution is 5.76. The lowest BCUT2D eigenvalue weighted by atomic mass is 9.71. The quantitative estimate of drug-likeness (QED) is 0.792. The van der Waals surface area contributed by atoms with Crippen molar-refractivity contribution < 1.29 is 4.79 Å². The van der Waals surface area contributed by atoms with E-state index in [4.69, 9.17) is 5.73 Å². The Morgan fingerprint density at radius 1 is 1.37 bits per heavy atom. The van der Waals surface area contributed by atoms with Crippen LogP contribution in [0.3, 0.4) is 0 Å². The van der Waals surface area contributed by atoms with Gasteiger partial charge in [-0.15, -0.1) is 5.10 Å². The maximum atomic E-state index is 12.0. The van der Waals surface area contributed by atoms with Crippen LogP contribution in [0.1, 0.15) is 38.5 Å². The molecule has 1 aromatic rings. The summed E-state index contributed by atoms with van der Waals surface area (Å²) in [5.74, 6) is 0.104. The number of carbonyl (C=O) groups is 1. The summed E-state index contributed by atoms with van der Waals surface area (Å²) in [5, 5.41) is 10.5. The Morgan fingerprint density at radius 2 is 2.16 bits per heavy atom. The molecule has 106 valence electrons. The lowest BCUT2D eigenvalue weighted by molar-refractivity contribution is -0.123. The van der Waals surface area contributed by atoms with E-state index in [0.717, 1.165) is 12.8 Å². The number of nitrogens with zero attached hydrogens (tertiary/aromatic N) is 3. The van der Waals surface area contributed by atoms with Crippen LogP contribution >= 0.6 is 0 Å². The van der Waals surface area contributed by atoms with Gasteiger partial charge in [-0.25, -0.2) is 0 Å². The average Bonchev–Trinajstić information content (AvgIpc) is 2.93. The Morgan fingerprint density at radius 3 is 2.79 bits per heavy atom. The number of nitrogens with one attached hydrogen (secondary N) is 1. The molecule has 1 heterocycles. The van der Waals surface area contributed by atoms with E-state index in [1.807, 2.05) is 0 Å². The zero-order chi connectivity index (χ0) is 13.6. The Hall–Kier alpha value is -1.43. The summed E-state index contributed by atoms with van der Waals surface area (Å²) in [6.45, 7) is 1.85. The summed E-state index contributed by atoms with van der Waals surface area (Å²) >= 11 is 0. The van der Waals surface area contributed by atoms with E-state index < -0.39 is 0 Å². The average molecular weight is 265 g/mol. The zero-order valence-corrected chi connectivity index (χ0v) is 11.3. The standard InChI is InChI=1S/C13H23N5O/c14-11-13(4-2-1-3-5-13)10-12(19)15-6-8-18-9-7-16-17-18/h7,9H,1-6,8,10-11,14H2,(H,15,19). The van der Waals surface area contributed by atoms with Crippen LogP contribution in [-0.4, -0.2) is 34.0 Å². The minimum Gasteiger partial charge on any atom is -0.354 e. The van der Waals surface area contributed by atoms with Gasteiger partial charge in [0.1, 0.15) is 0 Å². The third-order valence-corrected chi connectivity index (χ3v) is 4.02. The highest BCUT2D eigenvalue weighted by Gasteiger charge is 2.32. The number of hydrogen-bond donors (Lipinski definition) is 2. The summed E-state index contributed by atoms with van der Waals surface area (Å²) in [6.07, 6.45) is 9.81. The van der Waals surface area contributed by atoms with E-state index in [9.17, 15) is 4.79 Å². The first-order valence-electron chi connectivity index (χ1n) is 7.05. The summed E-state index contributed by atoms with van der Waals surface area (Å²) in [7, 11) is 0. The lowest BCUT2D eigenvalue weighted by Gasteiger charge is -2.35. The van der Waals surface area contributed by atoms with Crippen LogP contribution in [0.15, 0.2) is 12.4 Å². The van der Waals surface area contributed by atoms with Crippen molar-refractivity contribution in [3.05, 3.63) is 12.4 Å². The Kier molecular flexibility index (Phi) is 4.90. The smallest absolute Gasteiger partial charge is 0.220 e. The second-order valence-corrected chi connectivity index (χ2v) is 5.46. The van der Waals surface area contributed by atoms with Crippen molar-refractivity contribution >= 4 is 5.91 Å². The van der Waals surface area contributed by atoms with Gasteiger partial charge in [0.25, 0.3) is 0 Å². The highest BCUT2D eigenvalue weighted by atomic mass is 16.1. The molecule has 1 fully saturated rings. The molecule has 6 nitrogen and oxygen atoms in total. The number of amides is 1. The van der Waals surface area contributed by atoms with Crippen LogP contribution in [0.5, 0.6) is 0 Å². The van der Waals surface area contributed by atoms with Gasteiger partial charge in [-0.2, -0.15) is 0 Å². The molecule has 19 heavy (non-hydrogen) atoms. The second-order valence-electron chi connectivity index (χ2n) is 5.46. The molecule has 1 aliphatic carbocycles. The lowest BCUT2D eigenvalue weighted by Crippen LogP contribution is -2.39. The summed E-state index contributed by atoms with van der Waals surface area (Å²) < 4.78 is 1.71. The van der Waals surface area contributed by atoms with Crippen LogP contribution in [0.25, 0.3) is 0 Å². The molecule has 6 heteroatoms. The number of aromatic nitrogens is 3. The summed E-state index contributed by atoms with van der Waals surface area (Å²) in [5.41, 5.74) is 5.93. The molecule has 0 spiro atoms. The fourth-order valence-corrected chi connectivity index (χ4v) is 2.82. The SMILES string of the molecule is NCC1(CC(=O)NCCn2ccnn2)CCCCC1. The molecule has 1 aliphatic rings. The topological polar surface area (TPSA) is 85.8 Å². The molecule has 0 atom stereocenters. The minimum atomic E-state index is 0.0373. The molecule has 0 saturated heterocycles. The molecular formula is C13H23N5O. The molecule has 0 bridgehead atoms. The van der Waals surface area contributed by atoms with Crippen molar-refractivity contribution in [3.8, 4) is 0 Å². The largest absolute Gasteiger partial charge is 0.354 e. The fourth-order valence-electron chi connectivity index (χ4n) is 2.82. The maximum Gasteiger partial charge on any atom is 0.220 e. The van der Waals surface area contributed by atoms with E-state index in [-0.39, 0.29) is 11.3 Å². The van der Waals surface area contributed by atoms with Gasteiger partial charge < -0.3 is 11.1 Å². The normalized spacial score (nSPS) is 18.2. The first kappa shape index (κ1) is 14.0. The Bertz CT molecular complexity index is 384. The molecule has 1 amide bonds. The van der Waals surface area contributed by atoms with Crippen molar-refractivity contribution in [1.29, 1.82) is 0 Å². The highest BCUT2D eigenvalue weighted by Crippen LogP contribution is 2.38. The summed E-state index contributed by atoms with van der Waals surface area (Å²) in [6, 6.07) is 0. The van der Waals surface area contributed by atoms with Gasteiger partial charge >= 0.3 is 0 Å².